The van der Waals surface area contributed by atoms with Gasteiger partial charge in [-0.05, 0) is 41.9 Å². The maximum atomic E-state index is 13.3. The summed E-state index contributed by atoms with van der Waals surface area (Å²) in [6.45, 7) is 3.89. The van der Waals surface area contributed by atoms with Gasteiger partial charge >= 0.3 is 0 Å². The zero-order valence-electron chi connectivity index (χ0n) is 9.43. The first kappa shape index (κ1) is 14.2. The van der Waals surface area contributed by atoms with Crippen molar-refractivity contribution in [3.8, 4) is 0 Å². The van der Waals surface area contributed by atoms with E-state index in [2.05, 4.69) is 21.2 Å². The van der Waals surface area contributed by atoms with Gasteiger partial charge in [-0.25, -0.2) is 4.39 Å². The smallest absolute Gasteiger partial charge is 0.188 e. The summed E-state index contributed by atoms with van der Waals surface area (Å²) < 4.78 is 13.5. The van der Waals surface area contributed by atoms with Gasteiger partial charge in [0, 0.05) is 23.9 Å². The van der Waals surface area contributed by atoms with Crippen LogP contribution in [-0.2, 0) is 0 Å². The Morgan fingerprint density at radius 1 is 1.53 bits per heavy atom. The third kappa shape index (κ3) is 4.13. The van der Waals surface area contributed by atoms with Crippen molar-refractivity contribution >= 4 is 33.3 Å². The van der Waals surface area contributed by atoms with Crippen molar-refractivity contribution in [3.63, 3.8) is 0 Å². The summed E-state index contributed by atoms with van der Waals surface area (Å²) in [5.74, 6) is -0.850. The Morgan fingerprint density at radius 3 is 2.76 bits per heavy atom. The van der Waals surface area contributed by atoms with Crippen LogP contribution < -0.4 is 5.32 Å². The molecule has 0 aliphatic heterocycles. The maximum Gasteiger partial charge on any atom is 0.188 e. The van der Waals surface area contributed by atoms with Crippen LogP contribution in [0.5, 0.6) is 0 Å². The molecule has 0 aromatic heterocycles. The van der Waals surface area contributed by atoms with Crippen LogP contribution in [0.25, 0.3) is 0 Å². The highest BCUT2D eigenvalue weighted by Crippen LogP contribution is 2.25. The Morgan fingerprint density at radius 2 is 2.18 bits per heavy atom. The number of hydrogen-bond acceptors (Lipinski definition) is 2. The van der Waals surface area contributed by atoms with Gasteiger partial charge < -0.3 is 5.32 Å². The van der Waals surface area contributed by atoms with E-state index in [1.807, 2.05) is 13.8 Å². The van der Waals surface area contributed by atoms with E-state index < -0.39 is 5.82 Å². The molecule has 0 spiro atoms. The molecule has 0 saturated heterocycles. The summed E-state index contributed by atoms with van der Waals surface area (Å²) in [5, 5.41) is 3.16. The first-order chi connectivity index (χ1) is 7.91. The molecule has 92 valence electrons. The van der Waals surface area contributed by atoms with E-state index in [4.69, 9.17) is 11.6 Å². The van der Waals surface area contributed by atoms with Gasteiger partial charge in [0.15, 0.2) is 5.78 Å². The van der Waals surface area contributed by atoms with Gasteiger partial charge in [0.2, 0.25) is 0 Å². The molecule has 1 aromatic rings. The lowest BCUT2D eigenvalue weighted by Gasteiger charge is -2.04. The molecule has 1 rings (SSSR count). The predicted octanol–water partition coefficient (Wildman–Crippen LogP) is 3.94. The van der Waals surface area contributed by atoms with Crippen molar-refractivity contribution in [1.29, 1.82) is 0 Å². The van der Waals surface area contributed by atoms with Crippen LogP contribution >= 0.6 is 27.5 Å². The highest BCUT2D eigenvalue weighted by atomic mass is 79.9. The van der Waals surface area contributed by atoms with E-state index in [1.54, 1.807) is 0 Å². The van der Waals surface area contributed by atoms with Crippen molar-refractivity contribution in [1.82, 2.24) is 5.32 Å². The van der Waals surface area contributed by atoms with Gasteiger partial charge in [0.05, 0.1) is 9.50 Å². The van der Waals surface area contributed by atoms with Gasteiger partial charge in [0.25, 0.3) is 0 Å². The fourth-order valence-corrected chi connectivity index (χ4v) is 1.85. The lowest BCUT2D eigenvalue weighted by molar-refractivity contribution is 0.104. The van der Waals surface area contributed by atoms with Crippen LogP contribution in [0.2, 0.25) is 5.02 Å². The van der Waals surface area contributed by atoms with E-state index in [1.165, 1.54) is 18.3 Å². The number of ketones is 1. The number of rotatable bonds is 4. The second kappa shape index (κ2) is 6.17. The number of carbonyl (C=O) groups is 1. The predicted molar refractivity (Wildman–Crippen MR) is 70.9 cm³/mol. The zero-order chi connectivity index (χ0) is 13.0. The standard InChI is InChI=1S/C12H12BrClFNO/c1-7(2)16-4-3-12(17)8-5-11(15)9(13)6-10(8)14/h3-7,16H,1-2H3/b4-3+. The highest BCUT2D eigenvalue weighted by molar-refractivity contribution is 9.10. The Balaban J connectivity index is 2.89. The molecule has 0 unspecified atom stereocenters. The molecule has 1 N–H and O–H groups in total. The van der Waals surface area contributed by atoms with E-state index in [-0.39, 0.29) is 26.9 Å². The number of benzene rings is 1. The third-order valence-electron chi connectivity index (χ3n) is 1.94. The quantitative estimate of drug-likeness (QED) is 0.517. The molecule has 2 nitrogen and oxygen atoms in total. The van der Waals surface area contributed by atoms with E-state index >= 15 is 0 Å². The summed E-state index contributed by atoms with van der Waals surface area (Å²) in [4.78, 5) is 11.7. The maximum absolute atomic E-state index is 13.3. The summed E-state index contributed by atoms with van der Waals surface area (Å²) in [7, 11) is 0. The number of allylic oxidation sites excluding steroid dienone is 1. The molecule has 0 saturated carbocycles. The average Bonchev–Trinajstić information content (AvgIpc) is 2.22. The van der Waals surface area contributed by atoms with E-state index in [0.717, 1.165) is 6.07 Å². The Labute approximate surface area is 113 Å². The largest absolute Gasteiger partial charge is 0.389 e. The summed E-state index contributed by atoms with van der Waals surface area (Å²) in [5.41, 5.74) is 0.147. The molecule has 1 aromatic carbocycles. The molecule has 0 heterocycles. The number of halogens is 3. The molecular weight excluding hydrogens is 308 g/mol. The SMILES string of the molecule is CC(C)N/C=C/C(=O)c1cc(F)c(Br)cc1Cl. The first-order valence-corrected chi connectivity index (χ1v) is 6.20. The second-order valence-corrected chi connectivity index (χ2v) is 5.03. The van der Waals surface area contributed by atoms with Crippen molar-refractivity contribution in [2.24, 2.45) is 0 Å². The van der Waals surface area contributed by atoms with Crippen molar-refractivity contribution in [3.05, 3.63) is 45.3 Å². The van der Waals surface area contributed by atoms with E-state index in [0.29, 0.717) is 0 Å². The van der Waals surface area contributed by atoms with Crippen LogP contribution in [0, 0.1) is 5.82 Å². The normalized spacial score (nSPS) is 11.2. The van der Waals surface area contributed by atoms with Crippen LogP contribution in [-0.4, -0.2) is 11.8 Å². The average molecular weight is 321 g/mol. The lowest BCUT2D eigenvalue weighted by atomic mass is 10.1. The van der Waals surface area contributed by atoms with Gasteiger partial charge in [0.1, 0.15) is 5.82 Å². The van der Waals surface area contributed by atoms with E-state index in [9.17, 15) is 9.18 Å². The zero-order valence-corrected chi connectivity index (χ0v) is 11.8. The minimum Gasteiger partial charge on any atom is -0.389 e. The molecule has 0 amide bonds. The fraction of sp³-hybridized carbons (Fsp3) is 0.250. The topological polar surface area (TPSA) is 29.1 Å². The molecule has 0 aliphatic rings. The Hall–Kier alpha value is -0.870. The number of hydrogen-bond donors (Lipinski definition) is 1. The van der Waals surface area contributed by atoms with Crippen molar-refractivity contribution in [2.45, 2.75) is 19.9 Å². The van der Waals surface area contributed by atoms with Crippen LogP contribution in [0.4, 0.5) is 4.39 Å². The second-order valence-electron chi connectivity index (χ2n) is 3.77. The van der Waals surface area contributed by atoms with Gasteiger partial charge in [-0.1, -0.05) is 11.6 Å². The molecule has 0 aliphatic carbocycles. The summed E-state index contributed by atoms with van der Waals surface area (Å²) in [6, 6.07) is 2.72. The Bertz CT molecular complexity index is 460. The minimum atomic E-state index is -0.511. The summed E-state index contributed by atoms with van der Waals surface area (Å²) >= 11 is 8.87. The van der Waals surface area contributed by atoms with Crippen LogP contribution in [0.3, 0.4) is 0 Å². The molecule has 5 heteroatoms. The van der Waals surface area contributed by atoms with Crippen LogP contribution in [0.15, 0.2) is 28.9 Å². The van der Waals surface area contributed by atoms with Gasteiger partial charge in [-0.3, -0.25) is 4.79 Å². The van der Waals surface area contributed by atoms with Crippen LogP contribution in [0.1, 0.15) is 24.2 Å². The number of nitrogens with one attached hydrogen (secondary N) is 1. The minimum absolute atomic E-state index is 0.147. The third-order valence-corrected chi connectivity index (χ3v) is 2.86. The first-order valence-electron chi connectivity index (χ1n) is 5.03. The molecule has 0 bridgehead atoms. The number of carbonyl (C=O) groups excluding carboxylic acids is 1. The molecule has 17 heavy (non-hydrogen) atoms. The molecule has 0 fully saturated rings. The molecule has 0 radical (unpaired) electrons. The fourth-order valence-electron chi connectivity index (χ4n) is 1.12. The summed E-state index contributed by atoms with van der Waals surface area (Å²) in [6.07, 6.45) is 2.86. The van der Waals surface area contributed by atoms with Crippen molar-refractivity contribution < 1.29 is 9.18 Å². The highest BCUT2D eigenvalue weighted by Gasteiger charge is 2.11. The molecule has 0 atom stereocenters. The monoisotopic (exact) mass is 319 g/mol. The Kier molecular flexibility index (Phi) is 5.15. The van der Waals surface area contributed by atoms with Gasteiger partial charge in [-0.15, -0.1) is 0 Å². The lowest BCUT2D eigenvalue weighted by Crippen LogP contribution is -2.15. The molecular formula is C12H12BrClFNO. The van der Waals surface area contributed by atoms with Crippen molar-refractivity contribution in [2.75, 3.05) is 0 Å². The van der Waals surface area contributed by atoms with Gasteiger partial charge in [-0.2, -0.15) is 0 Å².